The maximum absolute atomic E-state index is 4.64. The lowest BCUT2D eigenvalue weighted by Gasteiger charge is -2.35. The molecule has 0 aliphatic carbocycles. The summed E-state index contributed by atoms with van der Waals surface area (Å²) in [4.78, 5) is 26.3. The summed E-state index contributed by atoms with van der Waals surface area (Å²) in [6.07, 6.45) is 7.12. The fraction of sp³-hybridized carbons (Fsp3) is 0.278. The van der Waals surface area contributed by atoms with E-state index in [1.54, 1.807) is 24.8 Å². The first-order chi connectivity index (χ1) is 12.9. The molecule has 1 saturated heterocycles. The van der Waals surface area contributed by atoms with Crippen molar-refractivity contribution in [2.24, 2.45) is 0 Å². The standard InChI is InChI=1S/C18H20N8/c1-2-6-19-15(4-1)14-23-17-20-9-5-16(24-17)25-10-12-26(13-11-25)18-21-7-3-8-22-18/h1-9H,10-14H2,(H,20,23,24). The molecule has 3 aromatic heterocycles. The van der Waals surface area contributed by atoms with Crippen molar-refractivity contribution in [1.29, 1.82) is 0 Å². The van der Waals surface area contributed by atoms with Gasteiger partial charge in [0.1, 0.15) is 5.82 Å². The average molecular weight is 348 g/mol. The Kier molecular flexibility index (Phi) is 4.81. The van der Waals surface area contributed by atoms with Gasteiger partial charge in [-0.2, -0.15) is 4.98 Å². The van der Waals surface area contributed by atoms with Crippen molar-refractivity contribution in [1.82, 2.24) is 24.9 Å². The zero-order valence-electron chi connectivity index (χ0n) is 14.4. The Morgan fingerprint density at radius 3 is 2.31 bits per heavy atom. The number of piperazine rings is 1. The number of nitrogens with one attached hydrogen (secondary N) is 1. The van der Waals surface area contributed by atoms with Crippen molar-refractivity contribution in [3.8, 4) is 0 Å². The average Bonchev–Trinajstić information content (AvgIpc) is 2.74. The number of hydrogen-bond acceptors (Lipinski definition) is 8. The molecule has 0 amide bonds. The van der Waals surface area contributed by atoms with E-state index in [1.165, 1.54) is 0 Å². The van der Waals surface area contributed by atoms with Crippen molar-refractivity contribution in [2.45, 2.75) is 6.54 Å². The molecule has 0 bridgehead atoms. The van der Waals surface area contributed by atoms with Crippen molar-refractivity contribution < 1.29 is 0 Å². The smallest absolute Gasteiger partial charge is 0.225 e. The van der Waals surface area contributed by atoms with Crippen LogP contribution in [0.25, 0.3) is 0 Å². The van der Waals surface area contributed by atoms with Crippen LogP contribution in [-0.4, -0.2) is 51.1 Å². The Balaban J connectivity index is 1.36. The molecular formula is C18H20N8. The van der Waals surface area contributed by atoms with Gasteiger partial charge in [-0.25, -0.2) is 15.0 Å². The van der Waals surface area contributed by atoms with E-state index < -0.39 is 0 Å². The summed E-state index contributed by atoms with van der Waals surface area (Å²) in [6.45, 7) is 4.07. The van der Waals surface area contributed by atoms with Gasteiger partial charge >= 0.3 is 0 Å². The van der Waals surface area contributed by atoms with Crippen LogP contribution in [0, 0.1) is 0 Å². The molecule has 8 heteroatoms. The third kappa shape index (κ3) is 3.85. The second-order valence-corrected chi connectivity index (χ2v) is 5.94. The number of nitrogens with zero attached hydrogens (tertiary/aromatic N) is 7. The predicted octanol–water partition coefficient (Wildman–Crippen LogP) is 1.60. The van der Waals surface area contributed by atoms with Crippen molar-refractivity contribution in [3.05, 3.63) is 60.8 Å². The highest BCUT2D eigenvalue weighted by molar-refractivity contribution is 5.45. The molecule has 26 heavy (non-hydrogen) atoms. The summed E-state index contributed by atoms with van der Waals surface area (Å²) >= 11 is 0. The monoisotopic (exact) mass is 348 g/mol. The number of aromatic nitrogens is 5. The minimum atomic E-state index is 0.601. The van der Waals surface area contributed by atoms with E-state index in [9.17, 15) is 0 Å². The van der Waals surface area contributed by atoms with Gasteiger partial charge in [-0.05, 0) is 24.3 Å². The molecule has 0 aromatic carbocycles. The Morgan fingerprint density at radius 1 is 0.769 bits per heavy atom. The van der Waals surface area contributed by atoms with E-state index in [0.717, 1.165) is 43.6 Å². The van der Waals surface area contributed by atoms with E-state index in [0.29, 0.717) is 12.5 Å². The maximum atomic E-state index is 4.64. The Bertz CT molecular complexity index is 819. The molecule has 4 heterocycles. The van der Waals surface area contributed by atoms with Crippen LogP contribution < -0.4 is 15.1 Å². The van der Waals surface area contributed by atoms with E-state index in [1.807, 2.05) is 30.3 Å². The van der Waals surface area contributed by atoms with Gasteiger partial charge in [-0.15, -0.1) is 0 Å². The first-order valence-electron chi connectivity index (χ1n) is 8.62. The topological polar surface area (TPSA) is 83.0 Å². The lowest BCUT2D eigenvalue weighted by molar-refractivity contribution is 0.634. The van der Waals surface area contributed by atoms with Crippen LogP contribution in [0.2, 0.25) is 0 Å². The van der Waals surface area contributed by atoms with Crippen molar-refractivity contribution in [3.63, 3.8) is 0 Å². The zero-order valence-corrected chi connectivity index (χ0v) is 14.4. The van der Waals surface area contributed by atoms with Gasteiger partial charge < -0.3 is 15.1 Å². The molecule has 1 aliphatic rings. The quantitative estimate of drug-likeness (QED) is 0.744. The fourth-order valence-corrected chi connectivity index (χ4v) is 2.87. The molecule has 0 unspecified atom stereocenters. The normalized spacial score (nSPS) is 14.3. The first kappa shape index (κ1) is 16.2. The molecule has 0 atom stereocenters. The zero-order chi connectivity index (χ0) is 17.6. The molecule has 3 aromatic rings. The molecule has 0 radical (unpaired) electrons. The van der Waals surface area contributed by atoms with Crippen molar-refractivity contribution >= 4 is 17.7 Å². The van der Waals surface area contributed by atoms with Crippen LogP contribution in [0.5, 0.6) is 0 Å². The van der Waals surface area contributed by atoms with E-state index >= 15 is 0 Å². The third-order valence-corrected chi connectivity index (χ3v) is 4.23. The number of rotatable bonds is 5. The van der Waals surface area contributed by atoms with E-state index in [2.05, 4.69) is 40.0 Å². The summed E-state index contributed by atoms with van der Waals surface area (Å²) < 4.78 is 0. The van der Waals surface area contributed by atoms with Crippen LogP contribution in [0.4, 0.5) is 17.7 Å². The van der Waals surface area contributed by atoms with Gasteiger partial charge in [0.05, 0.1) is 12.2 Å². The molecule has 1 aliphatic heterocycles. The molecule has 132 valence electrons. The van der Waals surface area contributed by atoms with Crippen LogP contribution in [0.15, 0.2) is 55.1 Å². The largest absolute Gasteiger partial charge is 0.353 e. The molecule has 0 saturated carbocycles. The van der Waals surface area contributed by atoms with Gasteiger partial charge in [-0.3, -0.25) is 4.98 Å². The molecule has 0 spiro atoms. The maximum Gasteiger partial charge on any atom is 0.225 e. The van der Waals surface area contributed by atoms with Gasteiger partial charge in [0.15, 0.2) is 0 Å². The number of anilines is 3. The Labute approximate surface area is 152 Å². The SMILES string of the molecule is c1ccc(CNc2nccc(N3CCN(c4ncccn4)CC3)n2)nc1. The highest BCUT2D eigenvalue weighted by atomic mass is 15.3. The van der Waals surface area contributed by atoms with Gasteiger partial charge in [-0.1, -0.05) is 6.07 Å². The minimum absolute atomic E-state index is 0.601. The molecule has 1 fully saturated rings. The first-order valence-corrected chi connectivity index (χ1v) is 8.62. The second-order valence-electron chi connectivity index (χ2n) is 5.94. The molecular weight excluding hydrogens is 328 g/mol. The Morgan fingerprint density at radius 2 is 1.54 bits per heavy atom. The van der Waals surface area contributed by atoms with Crippen LogP contribution in [0.1, 0.15) is 5.69 Å². The summed E-state index contributed by atoms with van der Waals surface area (Å²) in [7, 11) is 0. The van der Waals surface area contributed by atoms with Gasteiger partial charge in [0, 0.05) is 51.0 Å². The summed E-state index contributed by atoms with van der Waals surface area (Å²) in [5, 5.41) is 3.23. The number of hydrogen-bond donors (Lipinski definition) is 1. The van der Waals surface area contributed by atoms with Crippen LogP contribution in [-0.2, 0) is 6.54 Å². The summed E-state index contributed by atoms with van der Waals surface area (Å²) in [5.41, 5.74) is 0.956. The van der Waals surface area contributed by atoms with Crippen LogP contribution in [0.3, 0.4) is 0 Å². The van der Waals surface area contributed by atoms with Crippen LogP contribution >= 0.6 is 0 Å². The van der Waals surface area contributed by atoms with Gasteiger partial charge in [0.25, 0.3) is 0 Å². The molecule has 8 nitrogen and oxygen atoms in total. The third-order valence-electron chi connectivity index (χ3n) is 4.23. The van der Waals surface area contributed by atoms with E-state index in [-0.39, 0.29) is 0 Å². The molecule has 1 N–H and O–H groups in total. The van der Waals surface area contributed by atoms with E-state index in [4.69, 9.17) is 0 Å². The number of pyridine rings is 1. The highest BCUT2D eigenvalue weighted by Crippen LogP contribution is 2.17. The highest BCUT2D eigenvalue weighted by Gasteiger charge is 2.20. The summed E-state index contributed by atoms with van der Waals surface area (Å²) in [6, 6.07) is 9.63. The Hall–Kier alpha value is -3.29. The van der Waals surface area contributed by atoms with Crippen molar-refractivity contribution in [2.75, 3.05) is 41.3 Å². The van der Waals surface area contributed by atoms with Gasteiger partial charge in [0.2, 0.25) is 11.9 Å². The minimum Gasteiger partial charge on any atom is -0.353 e. The predicted molar refractivity (Wildman–Crippen MR) is 100 cm³/mol. The summed E-state index contributed by atoms with van der Waals surface area (Å²) in [5.74, 6) is 2.33. The molecule has 4 rings (SSSR count). The fourth-order valence-electron chi connectivity index (χ4n) is 2.87. The second kappa shape index (κ2) is 7.73. The lowest BCUT2D eigenvalue weighted by Crippen LogP contribution is -2.47. The lowest BCUT2D eigenvalue weighted by atomic mass is 10.3.